The molecule has 0 saturated heterocycles. The number of sulfonamides is 1. The van der Waals surface area contributed by atoms with Gasteiger partial charge in [0.1, 0.15) is 22.7 Å². The van der Waals surface area contributed by atoms with E-state index in [2.05, 4.69) is 22.9 Å². The normalized spacial score (nSPS) is 26.4. The van der Waals surface area contributed by atoms with Crippen molar-refractivity contribution in [2.75, 3.05) is 0 Å². The Morgan fingerprint density at radius 3 is 2.67 bits per heavy atom. The molecule has 6 nitrogen and oxygen atoms in total. The van der Waals surface area contributed by atoms with Crippen molar-refractivity contribution in [2.45, 2.75) is 57.2 Å². The minimum atomic E-state index is -3.61. The first-order valence-electron chi connectivity index (χ1n) is 7.23. The number of aromatic nitrogens is 1. The zero-order valence-electron chi connectivity index (χ0n) is 12.4. The molecular formula is C14H21N3O3S. The lowest BCUT2D eigenvalue weighted by Gasteiger charge is -2.34. The molecule has 1 aromatic rings. The Kier molecular flexibility index (Phi) is 4.69. The van der Waals surface area contributed by atoms with E-state index in [-0.39, 0.29) is 5.75 Å². The molecule has 0 spiro atoms. The quantitative estimate of drug-likeness (QED) is 0.899. The van der Waals surface area contributed by atoms with Crippen LogP contribution in [-0.2, 0) is 15.8 Å². The highest BCUT2D eigenvalue weighted by molar-refractivity contribution is 7.88. The van der Waals surface area contributed by atoms with Crippen LogP contribution >= 0.6 is 0 Å². The van der Waals surface area contributed by atoms with Crippen molar-refractivity contribution in [3.63, 3.8) is 0 Å². The van der Waals surface area contributed by atoms with Crippen molar-refractivity contribution in [1.29, 1.82) is 5.26 Å². The van der Waals surface area contributed by atoms with Crippen LogP contribution in [0.1, 0.15) is 50.5 Å². The fraction of sp³-hybridized carbons (Fsp3) is 0.714. The zero-order valence-corrected chi connectivity index (χ0v) is 13.2. The van der Waals surface area contributed by atoms with Gasteiger partial charge < -0.3 is 4.52 Å². The van der Waals surface area contributed by atoms with Gasteiger partial charge in [-0.3, -0.25) is 0 Å². The molecule has 0 atom stereocenters. The van der Waals surface area contributed by atoms with E-state index in [0.717, 1.165) is 19.3 Å². The van der Waals surface area contributed by atoms with Crippen LogP contribution in [0.25, 0.3) is 0 Å². The molecule has 1 aliphatic rings. The van der Waals surface area contributed by atoms with Gasteiger partial charge in [-0.2, -0.15) is 9.98 Å². The van der Waals surface area contributed by atoms with E-state index in [1.54, 1.807) is 13.0 Å². The van der Waals surface area contributed by atoms with Gasteiger partial charge in [0.25, 0.3) is 0 Å². The topological polar surface area (TPSA) is 96.0 Å². The molecular weight excluding hydrogens is 290 g/mol. The number of hydrogen-bond donors (Lipinski definition) is 1. The van der Waals surface area contributed by atoms with Gasteiger partial charge in [0, 0.05) is 6.07 Å². The van der Waals surface area contributed by atoms with Crippen LogP contribution in [0, 0.1) is 24.2 Å². The average molecular weight is 311 g/mol. The molecule has 7 heteroatoms. The Bertz CT molecular complexity index is 622. The molecule has 1 aliphatic carbocycles. The Morgan fingerprint density at radius 1 is 1.52 bits per heavy atom. The first kappa shape index (κ1) is 16.0. The summed E-state index contributed by atoms with van der Waals surface area (Å²) in [5.41, 5.74) is -0.612. The number of nitrogens with zero attached hydrogens (tertiary/aromatic N) is 2. The van der Waals surface area contributed by atoms with E-state index >= 15 is 0 Å². The molecule has 0 aromatic carbocycles. The monoisotopic (exact) mass is 311 g/mol. The molecule has 1 aromatic heterocycles. The van der Waals surface area contributed by atoms with Crippen molar-refractivity contribution in [2.24, 2.45) is 5.92 Å². The van der Waals surface area contributed by atoms with Crippen LogP contribution in [0.15, 0.2) is 10.6 Å². The second kappa shape index (κ2) is 6.16. The smallest absolute Gasteiger partial charge is 0.218 e. The van der Waals surface area contributed by atoms with E-state index in [9.17, 15) is 13.7 Å². The van der Waals surface area contributed by atoms with Crippen molar-refractivity contribution in [1.82, 2.24) is 9.88 Å². The molecule has 0 radical (unpaired) electrons. The van der Waals surface area contributed by atoms with E-state index in [1.807, 2.05) is 0 Å². The Hall–Kier alpha value is -1.39. The lowest BCUT2D eigenvalue weighted by Crippen LogP contribution is -2.49. The van der Waals surface area contributed by atoms with Crippen LogP contribution in [0.3, 0.4) is 0 Å². The van der Waals surface area contributed by atoms with Gasteiger partial charge in [-0.1, -0.05) is 18.5 Å². The van der Waals surface area contributed by atoms with Gasteiger partial charge in [0.2, 0.25) is 10.0 Å². The van der Waals surface area contributed by atoms with E-state index in [0.29, 0.717) is 30.2 Å². The molecule has 1 fully saturated rings. The summed E-state index contributed by atoms with van der Waals surface area (Å²) in [5.74, 6) is 0.901. The third-order valence-electron chi connectivity index (χ3n) is 4.12. The molecule has 0 unspecified atom stereocenters. The molecule has 2 rings (SSSR count). The third kappa shape index (κ3) is 4.05. The molecule has 0 amide bonds. The lowest BCUT2D eigenvalue weighted by atomic mass is 9.77. The van der Waals surface area contributed by atoms with Crippen LogP contribution in [0.2, 0.25) is 0 Å². The summed E-state index contributed by atoms with van der Waals surface area (Å²) >= 11 is 0. The summed E-state index contributed by atoms with van der Waals surface area (Å²) in [6.07, 6.45) is 3.98. The first-order chi connectivity index (χ1) is 9.88. The summed E-state index contributed by atoms with van der Waals surface area (Å²) in [7, 11) is -3.61. The molecule has 1 N–H and O–H groups in total. The number of rotatable bonds is 5. The van der Waals surface area contributed by atoms with Gasteiger partial charge in [-0.05, 0) is 38.5 Å². The second-order valence-corrected chi connectivity index (χ2v) is 7.56. The standard InChI is InChI=1S/C14H21N3O3S/c1-3-12-4-6-14(10-15,7-5-12)17-21(18,19)9-13-8-11(2)20-16-13/h8,12,17H,3-7,9H2,1-2H3. The minimum Gasteiger partial charge on any atom is -0.361 e. The van der Waals surface area contributed by atoms with Crippen molar-refractivity contribution in [3.8, 4) is 6.07 Å². The average Bonchev–Trinajstić information content (AvgIpc) is 2.83. The molecule has 1 saturated carbocycles. The van der Waals surface area contributed by atoms with E-state index in [1.165, 1.54) is 0 Å². The largest absolute Gasteiger partial charge is 0.361 e. The molecule has 0 aliphatic heterocycles. The van der Waals surface area contributed by atoms with E-state index in [4.69, 9.17) is 4.52 Å². The molecule has 0 bridgehead atoms. The fourth-order valence-corrected chi connectivity index (χ4v) is 4.27. The maximum Gasteiger partial charge on any atom is 0.218 e. The van der Waals surface area contributed by atoms with Gasteiger partial charge >= 0.3 is 0 Å². The Balaban J connectivity index is 2.06. The summed E-state index contributed by atoms with van der Waals surface area (Å²) in [4.78, 5) is 0. The highest BCUT2D eigenvalue weighted by Gasteiger charge is 2.38. The SMILES string of the molecule is CCC1CCC(C#N)(NS(=O)(=O)Cc2cc(C)on2)CC1. The fourth-order valence-electron chi connectivity index (χ4n) is 2.83. The second-order valence-electron chi connectivity index (χ2n) is 5.84. The molecule has 116 valence electrons. The summed E-state index contributed by atoms with van der Waals surface area (Å²) < 4.78 is 32.0. The minimum absolute atomic E-state index is 0.259. The molecule has 21 heavy (non-hydrogen) atoms. The summed E-state index contributed by atoms with van der Waals surface area (Å²) in [5, 5.41) is 13.1. The summed E-state index contributed by atoms with van der Waals surface area (Å²) in [6, 6.07) is 3.76. The van der Waals surface area contributed by atoms with Gasteiger partial charge in [-0.15, -0.1) is 0 Å². The van der Waals surface area contributed by atoms with Crippen LogP contribution < -0.4 is 4.72 Å². The van der Waals surface area contributed by atoms with Gasteiger partial charge in [-0.25, -0.2) is 8.42 Å². The van der Waals surface area contributed by atoms with Crippen molar-refractivity contribution < 1.29 is 12.9 Å². The zero-order chi connectivity index (χ0) is 15.5. The van der Waals surface area contributed by atoms with E-state index < -0.39 is 15.6 Å². The predicted molar refractivity (Wildman–Crippen MR) is 77.6 cm³/mol. The predicted octanol–water partition coefficient (Wildman–Crippen LogP) is 2.27. The highest BCUT2D eigenvalue weighted by Crippen LogP contribution is 2.34. The molecule has 1 heterocycles. The highest BCUT2D eigenvalue weighted by atomic mass is 32.2. The third-order valence-corrected chi connectivity index (χ3v) is 5.49. The lowest BCUT2D eigenvalue weighted by molar-refractivity contribution is 0.259. The maximum absolute atomic E-state index is 12.2. The number of aryl methyl sites for hydroxylation is 1. The van der Waals surface area contributed by atoms with Crippen molar-refractivity contribution >= 4 is 10.0 Å². The van der Waals surface area contributed by atoms with Crippen LogP contribution in [-0.4, -0.2) is 19.1 Å². The Morgan fingerprint density at radius 2 is 2.19 bits per heavy atom. The van der Waals surface area contributed by atoms with Crippen LogP contribution in [0.5, 0.6) is 0 Å². The van der Waals surface area contributed by atoms with Gasteiger partial charge in [0.05, 0.1) is 6.07 Å². The Labute approximate surface area is 125 Å². The van der Waals surface area contributed by atoms with Crippen molar-refractivity contribution in [3.05, 3.63) is 17.5 Å². The first-order valence-corrected chi connectivity index (χ1v) is 8.88. The maximum atomic E-state index is 12.2. The van der Waals surface area contributed by atoms with Gasteiger partial charge in [0.15, 0.2) is 0 Å². The summed E-state index contributed by atoms with van der Waals surface area (Å²) in [6.45, 7) is 3.83. The van der Waals surface area contributed by atoms with Crippen LogP contribution in [0.4, 0.5) is 0 Å². The number of hydrogen-bond acceptors (Lipinski definition) is 5. The number of nitrogens with one attached hydrogen (secondary N) is 1. The number of nitriles is 1.